The second-order valence-corrected chi connectivity index (χ2v) is 6.23. The average molecular weight is 452 g/mol. The maximum absolute atomic E-state index is 14.4. The van der Waals surface area contributed by atoms with Crippen LogP contribution in [0, 0.1) is 21.2 Å². The zero-order valence-electron chi connectivity index (χ0n) is 12.4. The molecule has 2 aromatic heterocycles. The standard InChI is InChI=1S/C17H8F3IN4/c18-10-6-11(19)13(12(20)7-10)14-15(9-4-2-1-3-5-9)25-17(22-8-23-25)24-16(14)21/h1-8H. The van der Waals surface area contributed by atoms with E-state index in [4.69, 9.17) is 0 Å². The molecule has 4 aromatic rings. The summed E-state index contributed by atoms with van der Waals surface area (Å²) >= 11 is 1.88. The van der Waals surface area contributed by atoms with E-state index in [0.29, 0.717) is 32.9 Å². The van der Waals surface area contributed by atoms with Gasteiger partial charge in [0.1, 0.15) is 27.5 Å². The van der Waals surface area contributed by atoms with Gasteiger partial charge in [0, 0.05) is 23.3 Å². The molecule has 0 fully saturated rings. The molecule has 4 nitrogen and oxygen atoms in total. The number of nitrogens with zero attached hydrogens (tertiary/aromatic N) is 4. The molecule has 0 amide bonds. The summed E-state index contributed by atoms with van der Waals surface area (Å²) in [6.07, 6.45) is 1.31. The summed E-state index contributed by atoms with van der Waals surface area (Å²) in [5.74, 6) is -2.69. The molecule has 0 unspecified atom stereocenters. The average Bonchev–Trinajstić information content (AvgIpc) is 3.02. The molecule has 0 spiro atoms. The Labute approximate surface area is 153 Å². The summed E-state index contributed by atoms with van der Waals surface area (Å²) in [7, 11) is 0. The fraction of sp³-hybridized carbons (Fsp3) is 0. The highest BCUT2D eigenvalue weighted by Gasteiger charge is 2.24. The Kier molecular flexibility index (Phi) is 3.91. The summed E-state index contributed by atoms with van der Waals surface area (Å²) in [5, 5.41) is 4.12. The van der Waals surface area contributed by atoms with Gasteiger partial charge in [-0.05, 0) is 22.6 Å². The molecule has 8 heteroatoms. The second kappa shape index (κ2) is 6.10. The van der Waals surface area contributed by atoms with Gasteiger partial charge >= 0.3 is 0 Å². The van der Waals surface area contributed by atoms with Crippen LogP contribution in [0.1, 0.15) is 0 Å². The molecule has 0 bridgehead atoms. The van der Waals surface area contributed by atoms with Gasteiger partial charge in [-0.1, -0.05) is 30.3 Å². The van der Waals surface area contributed by atoms with Gasteiger partial charge in [0.15, 0.2) is 0 Å². The molecule has 0 atom stereocenters. The van der Waals surface area contributed by atoms with Gasteiger partial charge in [-0.15, -0.1) is 0 Å². The normalized spacial score (nSPS) is 11.2. The Balaban J connectivity index is 2.17. The minimum absolute atomic E-state index is 0.194. The van der Waals surface area contributed by atoms with E-state index < -0.39 is 17.5 Å². The molecule has 0 aliphatic rings. The summed E-state index contributed by atoms with van der Waals surface area (Å²) < 4.78 is 44.0. The first-order valence-electron chi connectivity index (χ1n) is 7.16. The highest BCUT2D eigenvalue weighted by molar-refractivity contribution is 14.1. The van der Waals surface area contributed by atoms with Crippen molar-refractivity contribution in [2.45, 2.75) is 0 Å². The molecule has 124 valence electrons. The molecule has 0 saturated heterocycles. The fourth-order valence-corrected chi connectivity index (χ4v) is 3.42. The van der Waals surface area contributed by atoms with Gasteiger partial charge in [-0.3, -0.25) is 0 Å². The maximum Gasteiger partial charge on any atom is 0.253 e. The first kappa shape index (κ1) is 16.0. The van der Waals surface area contributed by atoms with Gasteiger partial charge in [-0.2, -0.15) is 14.6 Å². The lowest BCUT2D eigenvalue weighted by molar-refractivity contribution is 0.547. The van der Waals surface area contributed by atoms with Crippen molar-refractivity contribution in [3.05, 3.63) is 69.9 Å². The molecule has 2 aromatic carbocycles. The largest absolute Gasteiger partial charge is 0.253 e. The van der Waals surface area contributed by atoms with Crippen molar-refractivity contribution in [2.75, 3.05) is 0 Å². The van der Waals surface area contributed by atoms with E-state index >= 15 is 0 Å². The quantitative estimate of drug-likeness (QED) is 0.333. The second-order valence-electron chi connectivity index (χ2n) is 5.21. The monoisotopic (exact) mass is 452 g/mol. The highest BCUT2D eigenvalue weighted by atomic mass is 127. The Morgan fingerprint density at radius 2 is 1.60 bits per heavy atom. The summed E-state index contributed by atoms with van der Waals surface area (Å²) in [5.41, 5.74) is 0.947. The number of hydrogen-bond donors (Lipinski definition) is 0. The Bertz CT molecular complexity index is 1070. The highest BCUT2D eigenvalue weighted by Crippen LogP contribution is 2.38. The van der Waals surface area contributed by atoms with Gasteiger partial charge in [0.2, 0.25) is 0 Å². The van der Waals surface area contributed by atoms with Crippen molar-refractivity contribution >= 4 is 28.4 Å². The van der Waals surface area contributed by atoms with Crippen molar-refractivity contribution in [2.24, 2.45) is 0 Å². The molecule has 25 heavy (non-hydrogen) atoms. The van der Waals surface area contributed by atoms with Crippen LogP contribution < -0.4 is 0 Å². The zero-order chi connectivity index (χ0) is 17.6. The van der Waals surface area contributed by atoms with Crippen LogP contribution in [0.5, 0.6) is 0 Å². The molecular weight excluding hydrogens is 444 g/mol. The third kappa shape index (κ3) is 2.66. The van der Waals surface area contributed by atoms with Crippen LogP contribution in [0.3, 0.4) is 0 Å². The van der Waals surface area contributed by atoms with E-state index in [1.54, 1.807) is 24.3 Å². The number of fused-ring (bicyclic) bond motifs is 1. The molecule has 0 N–H and O–H groups in total. The topological polar surface area (TPSA) is 43.1 Å². The lowest BCUT2D eigenvalue weighted by Crippen LogP contribution is -2.05. The fourth-order valence-electron chi connectivity index (χ4n) is 2.68. The minimum atomic E-state index is -1.01. The smallest absolute Gasteiger partial charge is 0.207 e. The molecule has 0 aliphatic heterocycles. The third-order valence-electron chi connectivity index (χ3n) is 3.69. The molecule has 0 saturated carbocycles. The van der Waals surface area contributed by atoms with E-state index in [2.05, 4.69) is 15.1 Å². The zero-order valence-corrected chi connectivity index (χ0v) is 14.6. The van der Waals surface area contributed by atoms with Gasteiger partial charge < -0.3 is 0 Å². The summed E-state index contributed by atoms with van der Waals surface area (Å²) in [6, 6.07) is 10.3. The Hall–Kier alpha value is -2.49. The summed E-state index contributed by atoms with van der Waals surface area (Å²) in [6.45, 7) is 0. The van der Waals surface area contributed by atoms with Gasteiger partial charge in [0.05, 0.1) is 11.3 Å². The van der Waals surface area contributed by atoms with Crippen molar-refractivity contribution in [1.82, 2.24) is 19.6 Å². The third-order valence-corrected chi connectivity index (χ3v) is 4.47. The van der Waals surface area contributed by atoms with E-state index in [-0.39, 0.29) is 11.1 Å². The number of halogens is 4. The van der Waals surface area contributed by atoms with Crippen LogP contribution in [-0.2, 0) is 0 Å². The Morgan fingerprint density at radius 1 is 0.920 bits per heavy atom. The number of hydrogen-bond acceptors (Lipinski definition) is 3. The van der Waals surface area contributed by atoms with E-state index in [1.165, 1.54) is 10.8 Å². The van der Waals surface area contributed by atoms with Crippen molar-refractivity contribution < 1.29 is 13.2 Å². The molecule has 2 heterocycles. The van der Waals surface area contributed by atoms with E-state index in [1.807, 2.05) is 28.7 Å². The molecular formula is C17H8F3IN4. The van der Waals surface area contributed by atoms with E-state index in [0.717, 1.165) is 0 Å². The van der Waals surface area contributed by atoms with Crippen LogP contribution in [0.15, 0.2) is 48.8 Å². The Morgan fingerprint density at radius 3 is 2.28 bits per heavy atom. The number of benzene rings is 2. The molecule has 4 rings (SSSR count). The molecule has 0 radical (unpaired) electrons. The van der Waals surface area contributed by atoms with Crippen molar-refractivity contribution in [3.63, 3.8) is 0 Å². The van der Waals surface area contributed by atoms with Crippen LogP contribution >= 0.6 is 22.6 Å². The van der Waals surface area contributed by atoms with Crippen LogP contribution in [0.2, 0.25) is 0 Å². The van der Waals surface area contributed by atoms with Crippen LogP contribution in [-0.4, -0.2) is 19.6 Å². The number of aromatic nitrogens is 4. The minimum Gasteiger partial charge on any atom is -0.207 e. The van der Waals surface area contributed by atoms with E-state index in [9.17, 15) is 13.2 Å². The maximum atomic E-state index is 14.4. The summed E-state index contributed by atoms with van der Waals surface area (Å²) in [4.78, 5) is 8.30. The van der Waals surface area contributed by atoms with Gasteiger partial charge in [-0.25, -0.2) is 18.2 Å². The lowest BCUT2D eigenvalue weighted by Gasteiger charge is -2.14. The first-order chi connectivity index (χ1) is 12.1. The lowest BCUT2D eigenvalue weighted by atomic mass is 9.99. The first-order valence-corrected chi connectivity index (χ1v) is 8.23. The van der Waals surface area contributed by atoms with Crippen molar-refractivity contribution in [3.8, 4) is 22.4 Å². The molecule has 0 aliphatic carbocycles. The van der Waals surface area contributed by atoms with Gasteiger partial charge in [0.25, 0.3) is 5.78 Å². The number of rotatable bonds is 2. The SMILES string of the molecule is Fc1cc(F)c(-c2c(I)nc3ncnn3c2-c2ccccc2)c(F)c1. The predicted octanol–water partition coefficient (Wildman–Crippen LogP) is 4.48. The van der Waals surface area contributed by atoms with Crippen LogP contribution in [0.4, 0.5) is 13.2 Å². The van der Waals surface area contributed by atoms with Crippen LogP contribution in [0.25, 0.3) is 28.2 Å². The predicted molar refractivity (Wildman–Crippen MR) is 94.2 cm³/mol. The van der Waals surface area contributed by atoms with Crippen molar-refractivity contribution in [1.29, 1.82) is 0 Å².